The van der Waals surface area contributed by atoms with Gasteiger partial charge in [0.2, 0.25) is 17.7 Å². The number of carboxylic acids is 2. The summed E-state index contributed by atoms with van der Waals surface area (Å²) in [6, 6.07) is 3.61. The van der Waals surface area contributed by atoms with E-state index in [1.165, 1.54) is 11.8 Å². The molecule has 8 N–H and O–H groups in total. The molecule has 1 heterocycles. The Kier molecular flexibility index (Phi) is 10.5. The van der Waals surface area contributed by atoms with Gasteiger partial charge in [0.25, 0.3) is 0 Å². The number of benzene rings is 1. The molecule has 190 valence electrons. The summed E-state index contributed by atoms with van der Waals surface area (Å²) >= 11 is 1.48. The quantitative estimate of drug-likeness (QED) is 0.175. The number of aromatic amines is 1. The summed E-state index contributed by atoms with van der Waals surface area (Å²) in [5, 5.41) is 25.9. The number of carbonyl (C=O) groups excluding carboxylic acids is 3. The maximum atomic E-state index is 13.0. The van der Waals surface area contributed by atoms with Crippen LogP contribution in [-0.2, 0) is 30.4 Å². The van der Waals surface area contributed by atoms with E-state index in [0.29, 0.717) is 17.7 Å². The van der Waals surface area contributed by atoms with Crippen molar-refractivity contribution in [1.29, 1.82) is 0 Å². The highest BCUT2D eigenvalue weighted by Crippen LogP contribution is 2.19. The van der Waals surface area contributed by atoms with E-state index in [4.69, 9.17) is 10.8 Å². The lowest BCUT2D eigenvalue weighted by molar-refractivity contribution is -0.141. The van der Waals surface area contributed by atoms with Gasteiger partial charge in [0.15, 0.2) is 0 Å². The van der Waals surface area contributed by atoms with Crippen LogP contribution in [0.25, 0.3) is 10.9 Å². The molecule has 1 aromatic heterocycles. The van der Waals surface area contributed by atoms with E-state index in [0.717, 1.165) is 10.9 Å². The Balaban J connectivity index is 2.22. The average Bonchev–Trinajstić information content (AvgIpc) is 3.22. The van der Waals surface area contributed by atoms with Crippen molar-refractivity contribution in [2.45, 2.75) is 37.4 Å². The van der Waals surface area contributed by atoms with E-state index in [2.05, 4.69) is 20.9 Å². The number of thioether (sulfide) groups is 1. The lowest BCUT2D eigenvalue weighted by atomic mass is 10.0. The number of H-pyrrole nitrogens is 1. The van der Waals surface area contributed by atoms with Crippen molar-refractivity contribution in [2.24, 2.45) is 5.73 Å². The molecule has 35 heavy (non-hydrogen) atoms. The van der Waals surface area contributed by atoms with Crippen LogP contribution in [-0.4, -0.2) is 81.5 Å². The molecule has 12 nitrogen and oxygen atoms in total. The first-order chi connectivity index (χ1) is 16.6. The molecule has 0 aliphatic heterocycles. The normalized spacial score (nSPS) is 13.4. The monoisotopic (exact) mass is 507 g/mol. The number of carbonyl (C=O) groups is 5. The fourth-order valence-electron chi connectivity index (χ4n) is 3.33. The standard InChI is InChI=1S/C22H29N5O7S/c1-35-7-6-14(23)20(32)26-17(9-18(28)29)22(34)27-16(21(33)25-11-19(30)31)8-12-10-24-15-5-3-2-4-13(12)15/h2-5,10,14,16-17,24H,6-9,11,23H2,1H3,(H,25,33)(H,26,32)(H,27,34)(H,28,29)(H,30,31). The maximum absolute atomic E-state index is 13.0. The second-order valence-corrected chi connectivity index (χ2v) is 8.77. The molecule has 13 heteroatoms. The van der Waals surface area contributed by atoms with Gasteiger partial charge in [0, 0.05) is 23.5 Å². The molecule has 1 aromatic carbocycles. The van der Waals surface area contributed by atoms with E-state index >= 15 is 0 Å². The third-order valence-electron chi connectivity index (χ3n) is 5.13. The zero-order valence-corrected chi connectivity index (χ0v) is 19.9. The van der Waals surface area contributed by atoms with Crippen LogP contribution in [0.1, 0.15) is 18.4 Å². The fourth-order valence-corrected chi connectivity index (χ4v) is 3.82. The minimum Gasteiger partial charge on any atom is -0.481 e. The molecule has 3 unspecified atom stereocenters. The Labute approximate surface area is 205 Å². The lowest BCUT2D eigenvalue weighted by Gasteiger charge is -2.23. The van der Waals surface area contributed by atoms with Crippen LogP contribution in [0.4, 0.5) is 0 Å². The van der Waals surface area contributed by atoms with Gasteiger partial charge in [-0.25, -0.2) is 0 Å². The molecule has 0 fully saturated rings. The van der Waals surface area contributed by atoms with Crippen LogP contribution < -0.4 is 21.7 Å². The molecular weight excluding hydrogens is 478 g/mol. The summed E-state index contributed by atoms with van der Waals surface area (Å²) in [7, 11) is 0. The van der Waals surface area contributed by atoms with Gasteiger partial charge in [0.1, 0.15) is 18.6 Å². The summed E-state index contributed by atoms with van der Waals surface area (Å²) < 4.78 is 0. The molecule has 0 aliphatic rings. The van der Waals surface area contributed by atoms with Crippen molar-refractivity contribution >= 4 is 52.3 Å². The van der Waals surface area contributed by atoms with Crippen LogP contribution in [0.3, 0.4) is 0 Å². The number of para-hydroxylation sites is 1. The van der Waals surface area contributed by atoms with E-state index in [1.54, 1.807) is 12.3 Å². The van der Waals surface area contributed by atoms with Crippen LogP contribution >= 0.6 is 11.8 Å². The van der Waals surface area contributed by atoms with Gasteiger partial charge in [-0.15, -0.1) is 0 Å². The second-order valence-electron chi connectivity index (χ2n) is 7.78. The molecule has 2 aromatic rings. The Morgan fingerprint density at radius 2 is 1.69 bits per heavy atom. The van der Waals surface area contributed by atoms with Gasteiger partial charge >= 0.3 is 11.9 Å². The number of aliphatic carboxylic acids is 2. The Hall–Kier alpha value is -3.58. The van der Waals surface area contributed by atoms with Crippen molar-refractivity contribution in [2.75, 3.05) is 18.6 Å². The van der Waals surface area contributed by atoms with Gasteiger partial charge < -0.3 is 36.9 Å². The number of amides is 3. The van der Waals surface area contributed by atoms with Crippen molar-refractivity contribution in [3.8, 4) is 0 Å². The van der Waals surface area contributed by atoms with Crippen LogP contribution in [0.5, 0.6) is 0 Å². The Morgan fingerprint density at radius 3 is 2.34 bits per heavy atom. The van der Waals surface area contributed by atoms with Crippen molar-refractivity contribution < 1.29 is 34.2 Å². The van der Waals surface area contributed by atoms with Gasteiger partial charge in [-0.1, -0.05) is 18.2 Å². The molecule has 3 amide bonds. The Morgan fingerprint density at radius 1 is 1.00 bits per heavy atom. The maximum Gasteiger partial charge on any atom is 0.322 e. The van der Waals surface area contributed by atoms with Crippen LogP contribution in [0, 0.1) is 0 Å². The van der Waals surface area contributed by atoms with E-state index in [9.17, 15) is 29.1 Å². The first kappa shape index (κ1) is 27.7. The molecule has 3 atom stereocenters. The van der Waals surface area contributed by atoms with Crippen molar-refractivity contribution in [3.05, 3.63) is 36.0 Å². The first-order valence-electron chi connectivity index (χ1n) is 10.7. The highest BCUT2D eigenvalue weighted by Gasteiger charge is 2.30. The average molecular weight is 508 g/mol. The smallest absolute Gasteiger partial charge is 0.322 e. The second kappa shape index (κ2) is 13.3. The predicted molar refractivity (Wildman–Crippen MR) is 130 cm³/mol. The summed E-state index contributed by atoms with van der Waals surface area (Å²) in [6.07, 6.45) is 3.09. The van der Waals surface area contributed by atoms with E-state index < -0.39 is 60.8 Å². The Bertz CT molecular complexity index is 1070. The number of carboxylic acid groups (broad SMARTS) is 2. The highest BCUT2D eigenvalue weighted by atomic mass is 32.2. The molecule has 0 saturated heterocycles. The fraction of sp³-hybridized carbons (Fsp3) is 0.409. The molecule has 0 spiro atoms. The predicted octanol–water partition coefficient (Wildman–Crippen LogP) is -0.564. The van der Waals surface area contributed by atoms with E-state index in [-0.39, 0.29) is 6.42 Å². The van der Waals surface area contributed by atoms with Crippen LogP contribution in [0.15, 0.2) is 30.5 Å². The molecule has 0 aliphatic carbocycles. The number of aromatic nitrogens is 1. The molecule has 0 radical (unpaired) electrons. The number of fused-ring (bicyclic) bond motifs is 1. The van der Waals surface area contributed by atoms with Crippen molar-refractivity contribution in [1.82, 2.24) is 20.9 Å². The topological polar surface area (TPSA) is 204 Å². The SMILES string of the molecule is CSCCC(N)C(=O)NC(CC(=O)O)C(=O)NC(Cc1c[nH]c2ccccc12)C(=O)NCC(=O)O. The summed E-state index contributed by atoms with van der Waals surface area (Å²) in [5.41, 5.74) is 7.29. The number of nitrogens with one attached hydrogen (secondary N) is 4. The van der Waals surface area contributed by atoms with Crippen LogP contribution in [0.2, 0.25) is 0 Å². The molecule has 2 rings (SSSR count). The summed E-state index contributed by atoms with van der Waals surface area (Å²) in [6.45, 7) is -0.668. The third-order valence-corrected chi connectivity index (χ3v) is 5.77. The zero-order valence-electron chi connectivity index (χ0n) is 19.1. The summed E-state index contributed by atoms with van der Waals surface area (Å²) in [4.78, 5) is 63.3. The summed E-state index contributed by atoms with van der Waals surface area (Å²) in [5.74, 6) is -4.39. The highest BCUT2D eigenvalue weighted by molar-refractivity contribution is 7.98. The molecule has 0 saturated carbocycles. The first-order valence-corrected chi connectivity index (χ1v) is 12.1. The number of hydrogen-bond donors (Lipinski definition) is 7. The zero-order chi connectivity index (χ0) is 26.0. The molecule has 0 bridgehead atoms. The van der Waals surface area contributed by atoms with E-state index in [1.807, 2.05) is 24.5 Å². The van der Waals surface area contributed by atoms with Gasteiger partial charge in [-0.3, -0.25) is 24.0 Å². The minimum absolute atomic E-state index is 0.0117. The van der Waals surface area contributed by atoms with Gasteiger partial charge in [-0.2, -0.15) is 11.8 Å². The third kappa shape index (κ3) is 8.61. The van der Waals surface area contributed by atoms with Gasteiger partial charge in [0.05, 0.1) is 12.5 Å². The number of hydrogen-bond acceptors (Lipinski definition) is 7. The lowest BCUT2D eigenvalue weighted by Crippen LogP contribution is -2.57. The largest absolute Gasteiger partial charge is 0.481 e. The minimum atomic E-state index is -1.49. The van der Waals surface area contributed by atoms with Crippen molar-refractivity contribution in [3.63, 3.8) is 0 Å². The number of nitrogens with two attached hydrogens (primary N) is 1. The molecular formula is C22H29N5O7S. The van der Waals surface area contributed by atoms with Gasteiger partial charge in [-0.05, 0) is 30.1 Å². The number of rotatable bonds is 14.